The Morgan fingerprint density at radius 2 is 1.29 bits per heavy atom. The maximum absolute atomic E-state index is 5.90. The summed E-state index contributed by atoms with van der Waals surface area (Å²) in [6.45, 7) is 5.41. The zero-order valence-electron chi connectivity index (χ0n) is 13.9. The molecule has 2 heterocycles. The summed E-state index contributed by atoms with van der Waals surface area (Å²) in [5, 5.41) is 4.07. The average molecular weight is 321 g/mol. The van der Waals surface area contributed by atoms with Gasteiger partial charge in [-0.3, -0.25) is 0 Å². The molecule has 5 heteroatoms. The van der Waals surface area contributed by atoms with Gasteiger partial charge in [-0.05, 0) is 37.1 Å². The Bertz CT molecular complexity index is 927. The van der Waals surface area contributed by atoms with E-state index in [4.69, 9.17) is 9.47 Å². The first-order chi connectivity index (χ1) is 11.8. The van der Waals surface area contributed by atoms with Gasteiger partial charge in [0.15, 0.2) is 0 Å². The smallest absolute Gasteiger partial charge is 0.224 e. The summed E-state index contributed by atoms with van der Waals surface area (Å²) in [6.07, 6.45) is 3.46. The number of benzene rings is 2. The maximum atomic E-state index is 5.90. The molecule has 2 aromatic heterocycles. The molecule has 5 nitrogen and oxygen atoms in total. The normalized spacial score (nSPS) is 11.6. The highest BCUT2D eigenvalue weighted by molar-refractivity contribution is 6.23. The van der Waals surface area contributed by atoms with Crippen molar-refractivity contribution in [1.82, 2.24) is 15.0 Å². The van der Waals surface area contributed by atoms with Crippen LogP contribution in [0.15, 0.2) is 30.6 Å². The summed E-state index contributed by atoms with van der Waals surface area (Å²) in [6, 6.07) is 8.05. The second-order valence-corrected chi connectivity index (χ2v) is 5.81. The van der Waals surface area contributed by atoms with Crippen LogP contribution in [0.3, 0.4) is 0 Å². The molecule has 0 saturated heterocycles. The molecular weight excluding hydrogens is 302 g/mol. The topological polar surface area (TPSA) is 57.1 Å². The molecule has 0 saturated carbocycles. The number of rotatable bonds is 6. The van der Waals surface area contributed by atoms with Gasteiger partial charge in [-0.2, -0.15) is 4.98 Å². The minimum Gasteiger partial charge on any atom is -0.477 e. The van der Waals surface area contributed by atoms with Gasteiger partial charge >= 0.3 is 0 Å². The standard InChI is InChI=1S/C19H19N3O2/c1-3-9-23-18-12-5-7-14-17-15(21-11-20-14)8-6-13(16(12)17)19(22-18)24-10-4-2/h5-8,11H,3-4,9-10H2,1-2H3. The van der Waals surface area contributed by atoms with E-state index in [0.29, 0.717) is 25.0 Å². The minimum atomic E-state index is 0.619. The molecular formula is C19H19N3O2. The molecule has 4 rings (SSSR count). The Morgan fingerprint density at radius 1 is 0.750 bits per heavy atom. The Kier molecular flexibility index (Phi) is 3.76. The van der Waals surface area contributed by atoms with Crippen molar-refractivity contribution in [3.05, 3.63) is 30.6 Å². The molecule has 0 bridgehead atoms. The highest BCUT2D eigenvalue weighted by Gasteiger charge is 2.18. The van der Waals surface area contributed by atoms with E-state index < -0.39 is 0 Å². The Balaban J connectivity index is 2.07. The van der Waals surface area contributed by atoms with Crippen LogP contribution in [0.5, 0.6) is 11.8 Å². The molecule has 0 aliphatic rings. The number of pyridine rings is 1. The molecule has 0 atom stereocenters. The average Bonchev–Trinajstić information content (AvgIpc) is 2.63. The lowest BCUT2D eigenvalue weighted by Gasteiger charge is -2.16. The SMILES string of the molecule is CCCOc1nc(OCCC)c2ccc3ncnc4ccc1c2c43. The van der Waals surface area contributed by atoms with Crippen molar-refractivity contribution in [2.75, 3.05) is 13.2 Å². The third-order valence-corrected chi connectivity index (χ3v) is 4.06. The van der Waals surface area contributed by atoms with E-state index in [2.05, 4.69) is 28.8 Å². The van der Waals surface area contributed by atoms with E-state index in [1.807, 2.05) is 24.3 Å². The largest absolute Gasteiger partial charge is 0.477 e. The van der Waals surface area contributed by atoms with Crippen LogP contribution in [0.1, 0.15) is 26.7 Å². The van der Waals surface area contributed by atoms with E-state index >= 15 is 0 Å². The van der Waals surface area contributed by atoms with Crippen molar-refractivity contribution >= 4 is 32.6 Å². The minimum absolute atomic E-state index is 0.619. The molecule has 0 spiro atoms. The molecule has 0 radical (unpaired) electrons. The summed E-state index contributed by atoms with van der Waals surface area (Å²) >= 11 is 0. The molecule has 2 aromatic carbocycles. The van der Waals surface area contributed by atoms with Gasteiger partial charge in [0.05, 0.1) is 24.2 Å². The maximum Gasteiger partial charge on any atom is 0.224 e. The lowest BCUT2D eigenvalue weighted by Crippen LogP contribution is -2.04. The number of nitrogens with zero attached hydrogens (tertiary/aromatic N) is 3. The van der Waals surface area contributed by atoms with Crippen molar-refractivity contribution in [1.29, 1.82) is 0 Å². The zero-order valence-corrected chi connectivity index (χ0v) is 13.9. The second-order valence-electron chi connectivity index (χ2n) is 5.81. The Labute approximate surface area is 140 Å². The van der Waals surface area contributed by atoms with E-state index in [-0.39, 0.29) is 0 Å². The molecule has 0 aliphatic heterocycles. The summed E-state index contributed by atoms with van der Waals surface area (Å²) in [5.74, 6) is 1.24. The van der Waals surface area contributed by atoms with Gasteiger partial charge in [0, 0.05) is 21.5 Å². The molecule has 0 amide bonds. The lowest BCUT2D eigenvalue weighted by molar-refractivity contribution is 0.285. The summed E-state index contributed by atoms with van der Waals surface area (Å²) in [5.41, 5.74) is 1.85. The van der Waals surface area contributed by atoms with Gasteiger partial charge < -0.3 is 9.47 Å². The first-order valence-corrected chi connectivity index (χ1v) is 8.38. The third kappa shape index (κ3) is 2.28. The Morgan fingerprint density at radius 3 is 1.79 bits per heavy atom. The van der Waals surface area contributed by atoms with Crippen molar-refractivity contribution in [3.63, 3.8) is 0 Å². The van der Waals surface area contributed by atoms with Crippen LogP contribution in [0.25, 0.3) is 32.6 Å². The van der Waals surface area contributed by atoms with Crippen molar-refractivity contribution in [2.45, 2.75) is 26.7 Å². The molecule has 0 aliphatic carbocycles. The highest BCUT2D eigenvalue weighted by Crippen LogP contribution is 2.40. The van der Waals surface area contributed by atoms with Crippen LogP contribution in [-0.2, 0) is 0 Å². The molecule has 24 heavy (non-hydrogen) atoms. The van der Waals surface area contributed by atoms with Crippen LogP contribution in [-0.4, -0.2) is 28.2 Å². The zero-order chi connectivity index (χ0) is 16.5. The van der Waals surface area contributed by atoms with Gasteiger partial charge in [0.25, 0.3) is 0 Å². The van der Waals surface area contributed by atoms with Crippen LogP contribution in [0.2, 0.25) is 0 Å². The number of hydrogen-bond acceptors (Lipinski definition) is 5. The fourth-order valence-electron chi connectivity index (χ4n) is 3.01. The summed E-state index contributed by atoms with van der Waals surface area (Å²) in [7, 11) is 0. The van der Waals surface area contributed by atoms with Gasteiger partial charge in [-0.1, -0.05) is 13.8 Å². The van der Waals surface area contributed by atoms with E-state index in [1.165, 1.54) is 0 Å². The van der Waals surface area contributed by atoms with E-state index in [1.54, 1.807) is 6.33 Å². The molecule has 0 fully saturated rings. The predicted molar refractivity (Wildman–Crippen MR) is 95.1 cm³/mol. The first kappa shape index (κ1) is 14.9. The highest BCUT2D eigenvalue weighted by atomic mass is 16.5. The number of hydrogen-bond donors (Lipinski definition) is 0. The van der Waals surface area contributed by atoms with Crippen LogP contribution < -0.4 is 9.47 Å². The number of ether oxygens (including phenoxy) is 2. The van der Waals surface area contributed by atoms with Crippen molar-refractivity contribution < 1.29 is 9.47 Å². The molecule has 0 unspecified atom stereocenters. The third-order valence-electron chi connectivity index (χ3n) is 4.06. The Hall–Kier alpha value is -2.69. The monoisotopic (exact) mass is 321 g/mol. The van der Waals surface area contributed by atoms with E-state index in [0.717, 1.165) is 45.4 Å². The van der Waals surface area contributed by atoms with Gasteiger partial charge in [0.2, 0.25) is 11.8 Å². The molecule has 0 N–H and O–H groups in total. The molecule has 4 aromatic rings. The van der Waals surface area contributed by atoms with Gasteiger partial charge in [-0.25, -0.2) is 9.97 Å². The van der Waals surface area contributed by atoms with Gasteiger partial charge in [-0.15, -0.1) is 0 Å². The fourth-order valence-corrected chi connectivity index (χ4v) is 3.01. The van der Waals surface area contributed by atoms with Crippen molar-refractivity contribution in [3.8, 4) is 11.8 Å². The second kappa shape index (κ2) is 6.07. The van der Waals surface area contributed by atoms with E-state index in [9.17, 15) is 0 Å². The predicted octanol–water partition coefficient (Wildman–Crippen LogP) is 4.35. The van der Waals surface area contributed by atoms with Crippen LogP contribution >= 0.6 is 0 Å². The summed E-state index contributed by atoms with van der Waals surface area (Å²) in [4.78, 5) is 13.5. The first-order valence-electron chi connectivity index (χ1n) is 8.38. The summed E-state index contributed by atoms with van der Waals surface area (Å²) < 4.78 is 11.8. The van der Waals surface area contributed by atoms with Crippen LogP contribution in [0.4, 0.5) is 0 Å². The lowest BCUT2D eigenvalue weighted by atomic mass is 10.0. The number of aromatic nitrogens is 3. The quantitative estimate of drug-likeness (QED) is 0.494. The van der Waals surface area contributed by atoms with Crippen LogP contribution in [0, 0.1) is 0 Å². The van der Waals surface area contributed by atoms with Gasteiger partial charge in [0.1, 0.15) is 6.33 Å². The fraction of sp³-hybridized carbons (Fsp3) is 0.316. The van der Waals surface area contributed by atoms with Crippen molar-refractivity contribution in [2.24, 2.45) is 0 Å². The molecule has 122 valence electrons.